The van der Waals surface area contributed by atoms with Gasteiger partial charge < -0.3 is 15.0 Å². The lowest BCUT2D eigenvalue weighted by Gasteiger charge is -2.32. The number of hydrogen-bond acceptors (Lipinski definition) is 5. The number of ether oxygens (including phenoxy) is 1. The molecule has 25 heavy (non-hydrogen) atoms. The van der Waals surface area contributed by atoms with Crippen molar-refractivity contribution in [1.29, 1.82) is 0 Å². The summed E-state index contributed by atoms with van der Waals surface area (Å²) >= 11 is 6.35. The van der Waals surface area contributed by atoms with E-state index < -0.39 is 0 Å². The lowest BCUT2D eigenvalue weighted by atomic mass is 10.0. The zero-order valence-corrected chi connectivity index (χ0v) is 15.5. The summed E-state index contributed by atoms with van der Waals surface area (Å²) in [4.78, 5) is 18.3. The van der Waals surface area contributed by atoms with Crippen LogP contribution in [0.1, 0.15) is 38.2 Å². The molecule has 3 rings (SSSR count). The van der Waals surface area contributed by atoms with Crippen molar-refractivity contribution in [2.24, 2.45) is 5.92 Å². The highest BCUT2D eigenvalue weighted by molar-refractivity contribution is 6.33. The van der Waals surface area contributed by atoms with E-state index in [-0.39, 0.29) is 5.97 Å². The fraction of sp³-hybridized carbons (Fsp3) is 0.579. The maximum Gasteiger partial charge on any atom is 0.330 e. The molecule has 1 saturated carbocycles. The highest BCUT2D eigenvalue weighted by atomic mass is 35.5. The predicted molar refractivity (Wildman–Crippen MR) is 101 cm³/mol. The fourth-order valence-corrected chi connectivity index (χ4v) is 3.35. The quantitative estimate of drug-likeness (QED) is 0.592. The van der Waals surface area contributed by atoms with Gasteiger partial charge in [-0.2, -0.15) is 0 Å². The van der Waals surface area contributed by atoms with Crippen molar-refractivity contribution in [3.05, 3.63) is 28.9 Å². The molecular weight excluding hydrogens is 338 g/mol. The van der Waals surface area contributed by atoms with Gasteiger partial charge in [-0.05, 0) is 56.2 Å². The van der Waals surface area contributed by atoms with Gasteiger partial charge in [-0.1, -0.05) is 11.6 Å². The normalized spacial score (nSPS) is 19.3. The van der Waals surface area contributed by atoms with Gasteiger partial charge in [-0.25, -0.2) is 9.78 Å². The van der Waals surface area contributed by atoms with E-state index in [1.165, 1.54) is 25.5 Å². The Kier molecular flexibility index (Phi) is 6.32. The molecule has 1 saturated heterocycles. The molecule has 2 aliphatic rings. The number of halogens is 1. The van der Waals surface area contributed by atoms with Crippen LogP contribution in [0.3, 0.4) is 0 Å². The average molecular weight is 364 g/mol. The van der Waals surface area contributed by atoms with E-state index in [1.807, 2.05) is 6.07 Å². The number of nitrogens with one attached hydrogen (secondary N) is 1. The van der Waals surface area contributed by atoms with Crippen LogP contribution < -0.4 is 5.32 Å². The van der Waals surface area contributed by atoms with Gasteiger partial charge >= 0.3 is 5.97 Å². The van der Waals surface area contributed by atoms with Crippen molar-refractivity contribution in [2.45, 2.75) is 38.6 Å². The summed E-state index contributed by atoms with van der Waals surface area (Å²) in [5, 5.41) is 4.04. The van der Waals surface area contributed by atoms with Crippen molar-refractivity contribution in [1.82, 2.24) is 9.88 Å². The molecule has 0 atom stereocenters. The molecule has 1 N–H and O–H groups in total. The van der Waals surface area contributed by atoms with Crippen LogP contribution in [0, 0.1) is 5.92 Å². The SMILES string of the molecule is CCOC(=O)C=Cc1cnc(NC2CCN(CC3CC3)CC2)c(Cl)c1. The number of esters is 1. The number of anilines is 1. The Hall–Kier alpha value is -1.59. The molecule has 136 valence electrons. The van der Waals surface area contributed by atoms with E-state index in [9.17, 15) is 4.79 Å². The predicted octanol–water partition coefficient (Wildman–Crippen LogP) is 3.60. The van der Waals surface area contributed by atoms with Crippen LogP contribution in [0.25, 0.3) is 6.08 Å². The molecule has 0 bridgehead atoms. The largest absolute Gasteiger partial charge is 0.463 e. The van der Waals surface area contributed by atoms with Crippen LogP contribution in [-0.4, -0.2) is 48.1 Å². The molecule has 1 aromatic rings. The molecule has 2 fully saturated rings. The van der Waals surface area contributed by atoms with E-state index in [0.717, 1.165) is 43.2 Å². The maximum absolute atomic E-state index is 11.3. The summed E-state index contributed by atoms with van der Waals surface area (Å²) in [6.07, 6.45) is 9.83. The molecule has 0 unspecified atom stereocenters. The second-order valence-electron chi connectivity index (χ2n) is 6.85. The first-order chi connectivity index (χ1) is 12.1. The Labute approximate surface area is 154 Å². The summed E-state index contributed by atoms with van der Waals surface area (Å²) in [7, 11) is 0. The number of pyridine rings is 1. The summed E-state index contributed by atoms with van der Waals surface area (Å²) in [6, 6.07) is 2.23. The topological polar surface area (TPSA) is 54.5 Å². The van der Waals surface area contributed by atoms with E-state index in [4.69, 9.17) is 16.3 Å². The Balaban J connectivity index is 1.50. The summed E-state index contributed by atoms with van der Waals surface area (Å²) in [5.74, 6) is 1.31. The minimum absolute atomic E-state index is 0.362. The molecule has 0 radical (unpaired) electrons. The number of carbonyl (C=O) groups is 1. The van der Waals surface area contributed by atoms with Crippen molar-refractivity contribution in [3.8, 4) is 0 Å². The lowest BCUT2D eigenvalue weighted by molar-refractivity contribution is -0.137. The van der Waals surface area contributed by atoms with Gasteiger partial charge in [0.2, 0.25) is 0 Å². The standard InChI is InChI=1S/C19H26ClN3O2/c1-2-25-18(24)6-5-15-11-17(20)19(21-12-15)22-16-7-9-23(10-8-16)13-14-3-4-14/h5-6,11-12,14,16H,2-4,7-10,13H2,1H3,(H,21,22). The van der Waals surface area contributed by atoms with Crippen molar-refractivity contribution >= 4 is 29.5 Å². The fourth-order valence-electron chi connectivity index (χ4n) is 3.12. The first-order valence-corrected chi connectivity index (χ1v) is 9.51. The third-order valence-corrected chi connectivity index (χ3v) is 4.99. The third kappa shape index (κ3) is 5.72. The zero-order valence-electron chi connectivity index (χ0n) is 14.7. The number of hydrogen-bond donors (Lipinski definition) is 1. The number of carbonyl (C=O) groups excluding carboxylic acids is 1. The Morgan fingerprint density at radius 2 is 2.16 bits per heavy atom. The monoisotopic (exact) mass is 363 g/mol. The van der Waals surface area contributed by atoms with E-state index >= 15 is 0 Å². The number of piperidine rings is 1. The number of nitrogens with zero attached hydrogens (tertiary/aromatic N) is 2. The van der Waals surface area contributed by atoms with Crippen LogP contribution >= 0.6 is 11.6 Å². The van der Waals surface area contributed by atoms with Crippen LogP contribution in [-0.2, 0) is 9.53 Å². The molecule has 0 amide bonds. The van der Waals surface area contributed by atoms with Crippen molar-refractivity contribution in [3.63, 3.8) is 0 Å². The van der Waals surface area contributed by atoms with E-state index in [1.54, 1.807) is 19.2 Å². The van der Waals surface area contributed by atoms with Gasteiger partial charge in [0.05, 0.1) is 11.6 Å². The maximum atomic E-state index is 11.3. The number of aromatic nitrogens is 1. The van der Waals surface area contributed by atoms with Gasteiger partial charge in [0.25, 0.3) is 0 Å². The molecule has 1 aliphatic carbocycles. The summed E-state index contributed by atoms with van der Waals surface area (Å²) in [5.41, 5.74) is 0.780. The highest BCUT2D eigenvalue weighted by Crippen LogP contribution is 2.31. The molecule has 1 aromatic heterocycles. The third-order valence-electron chi connectivity index (χ3n) is 4.70. The second kappa shape index (κ2) is 8.68. The lowest BCUT2D eigenvalue weighted by Crippen LogP contribution is -2.40. The first kappa shape index (κ1) is 18.2. The number of rotatable bonds is 7. The van der Waals surface area contributed by atoms with Crippen molar-refractivity contribution < 1.29 is 9.53 Å². The zero-order chi connectivity index (χ0) is 17.6. The molecule has 0 spiro atoms. The Morgan fingerprint density at radius 3 is 2.80 bits per heavy atom. The minimum atomic E-state index is -0.362. The average Bonchev–Trinajstić information content (AvgIpc) is 3.41. The first-order valence-electron chi connectivity index (χ1n) is 9.13. The summed E-state index contributed by atoms with van der Waals surface area (Å²) in [6.45, 7) is 5.71. The Bertz CT molecular complexity index is 623. The van der Waals surface area contributed by atoms with Crippen LogP contribution in [0.15, 0.2) is 18.3 Å². The molecule has 6 heteroatoms. The van der Waals surface area contributed by atoms with Crippen LogP contribution in [0.5, 0.6) is 0 Å². The van der Waals surface area contributed by atoms with E-state index in [0.29, 0.717) is 17.7 Å². The van der Waals surface area contributed by atoms with Gasteiger partial charge in [0.1, 0.15) is 5.82 Å². The second-order valence-corrected chi connectivity index (χ2v) is 7.25. The van der Waals surface area contributed by atoms with Gasteiger partial charge in [-0.15, -0.1) is 0 Å². The highest BCUT2D eigenvalue weighted by Gasteiger charge is 2.27. The smallest absolute Gasteiger partial charge is 0.330 e. The van der Waals surface area contributed by atoms with E-state index in [2.05, 4.69) is 15.2 Å². The summed E-state index contributed by atoms with van der Waals surface area (Å²) < 4.78 is 4.86. The molecule has 0 aromatic carbocycles. The molecular formula is C19H26ClN3O2. The molecule has 2 heterocycles. The number of likely N-dealkylation sites (tertiary alicyclic amines) is 1. The molecule has 5 nitrogen and oxygen atoms in total. The van der Waals surface area contributed by atoms with Crippen LogP contribution in [0.2, 0.25) is 5.02 Å². The van der Waals surface area contributed by atoms with Gasteiger partial charge in [-0.3, -0.25) is 0 Å². The van der Waals surface area contributed by atoms with Crippen molar-refractivity contribution in [2.75, 3.05) is 31.6 Å². The van der Waals surface area contributed by atoms with Crippen LogP contribution in [0.4, 0.5) is 5.82 Å². The molecule has 1 aliphatic heterocycles. The Morgan fingerprint density at radius 1 is 1.40 bits per heavy atom. The van der Waals surface area contributed by atoms with Gasteiger partial charge in [0, 0.05) is 37.9 Å². The van der Waals surface area contributed by atoms with Gasteiger partial charge in [0.15, 0.2) is 0 Å². The minimum Gasteiger partial charge on any atom is -0.463 e.